The van der Waals surface area contributed by atoms with Crippen molar-refractivity contribution in [1.29, 1.82) is 0 Å². The van der Waals surface area contributed by atoms with Crippen LogP contribution in [0.15, 0.2) is 60.7 Å². The topological polar surface area (TPSA) is 78.5 Å². The summed E-state index contributed by atoms with van der Waals surface area (Å²) in [6.07, 6.45) is 0. The van der Waals surface area contributed by atoms with Crippen molar-refractivity contribution in [1.82, 2.24) is 5.32 Å². The molecule has 0 unspecified atom stereocenters. The van der Waals surface area contributed by atoms with Crippen molar-refractivity contribution < 1.29 is 10.2 Å². The van der Waals surface area contributed by atoms with Gasteiger partial charge in [0.2, 0.25) is 0 Å². The molecule has 2 aromatic carbocycles. The Morgan fingerprint density at radius 2 is 1.24 bits per heavy atom. The summed E-state index contributed by atoms with van der Waals surface area (Å²) in [5, 5.41) is 20.0. The van der Waals surface area contributed by atoms with Crippen molar-refractivity contribution in [2.45, 2.75) is 6.04 Å². The Hall–Kier alpha value is -1.72. The highest BCUT2D eigenvalue weighted by Gasteiger charge is 2.11. The minimum Gasteiger partial charge on any atom is -0.395 e. The molecule has 0 amide bonds. The first-order valence-electron chi connectivity index (χ1n) is 7.08. The van der Waals surface area contributed by atoms with Gasteiger partial charge in [0, 0.05) is 13.1 Å². The molecule has 0 bridgehead atoms. The number of aliphatic hydroxyl groups excluding tert-OH is 2. The van der Waals surface area contributed by atoms with Crippen LogP contribution < -0.4 is 11.1 Å². The zero-order chi connectivity index (χ0) is 15.3. The van der Waals surface area contributed by atoms with E-state index in [1.54, 1.807) is 0 Å². The second-order valence-corrected chi connectivity index (χ2v) is 4.44. The molecule has 4 nitrogen and oxygen atoms in total. The fourth-order valence-electron chi connectivity index (χ4n) is 1.93. The van der Waals surface area contributed by atoms with Crippen LogP contribution in [0.25, 0.3) is 0 Å². The largest absolute Gasteiger partial charge is 0.395 e. The van der Waals surface area contributed by atoms with E-state index >= 15 is 0 Å². The molecule has 0 fully saturated rings. The third kappa shape index (κ3) is 6.51. The molecule has 0 spiro atoms. The van der Waals surface area contributed by atoms with E-state index in [4.69, 9.17) is 15.9 Å². The van der Waals surface area contributed by atoms with Crippen molar-refractivity contribution in [2.24, 2.45) is 5.73 Å². The summed E-state index contributed by atoms with van der Waals surface area (Å²) < 4.78 is 0. The maximum Gasteiger partial charge on any atom is 0.0577 e. The molecule has 0 saturated heterocycles. The Balaban J connectivity index is 0.000000491. The predicted octanol–water partition coefficient (Wildman–Crippen LogP) is 1.30. The summed E-state index contributed by atoms with van der Waals surface area (Å²) in [6, 6.07) is 20.7. The molecule has 4 heteroatoms. The van der Waals surface area contributed by atoms with E-state index in [0.29, 0.717) is 13.1 Å². The summed E-state index contributed by atoms with van der Waals surface area (Å²) in [4.78, 5) is 0. The molecule has 0 atom stereocenters. The maximum atomic E-state index is 8.95. The lowest BCUT2D eigenvalue weighted by Crippen LogP contribution is -2.25. The van der Waals surface area contributed by atoms with Crippen molar-refractivity contribution in [3.63, 3.8) is 0 Å². The molecule has 114 valence electrons. The van der Waals surface area contributed by atoms with Crippen molar-refractivity contribution in [2.75, 3.05) is 26.3 Å². The fourth-order valence-corrected chi connectivity index (χ4v) is 1.93. The van der Waals surface area contributed by atoms with Crippen LogP contribution >= 0.6 is 0 Å². The van der Waals surface area contributed by atoms with E-state index < -0.39 is 0 Å². The first-order valence-corrected chi connectivity index (χ1v) is 7.08. The number of hydrogen-bond donors (Lipinski definition) is 4. The number of aliphatic hydroxyl groups is 2. The summed E-state index contributed by atoms with van der Waals surface area (Å²) in [5.74, 6) is 0. The molecule has 2 aromatic rings. The van der Waals surface area contributed by atoms with E-state index in [9.17, 15) is 0 Å². The summed E-state index contributed by atoms with van der Waals surface area (Å²) in [5.41, 5.74) is 7.21. The summed E-state index contributed by atoms with van der Waals surface area (Å²) >= 11 is 0. The third-order valence-electron chi connectivity index (χ3n) is 2.86. The molecule has 2 rings (SSSR count). The average molecular weight is 288 g/mol. The molecule has 0 aromatic heterocycles. The smallest absolute Gasteiger partial charge is 0.0577 e. The highest BCUT2D eigenvalue weighted by molar-refractivity contribution is 5.31. The first kappa shape index (κ1) is 17.3. The molecule has 5 N–H and O–H groups in total. The quantitative estimate of drug-likeness (QED) is 0.646. The van der Waals surface area contributed by atoms with E-state index in [0.717, 1.165) is 0 Å². The van der Waals surface area contributed by atoms with Crippen LogP contribution in [0.4, 0.5) is 0 Å². The van der Waals surface area contributed by atoms with E-state index in [1.807, 2.05) is 36.4 Å². The van der Waals surface area contributed by atoms with Gasteiger partial charge < -0.3 is 21.3 Å². The van der Waals surface area contributed by atoms with Gasteiger partial charge in [-0.15, -0.1) is 0 Å². The molecule has 0 aliphatic rings. The van der Waals surface area contributed by atoms with Crippen LogP contribution in [0.3, 0.4) is 0 Å². The Labute approximate surface area is 126 Å². The lowest BCUT2D eigenvalue weighted by atomic mass is 9.99. The highest BCUT2D eigenvalue weighted by Crippen LogP contribution is 2.21. The lowest BCUT2D eigenvalue weighted by molar-refractivity contribution is 0.288. The van der Waals surface area contributed by atoms with Gasteiger partial charge in [-0.3, -0.25) is 0 Å². The van der Waals surface area contributed by atoms with E-state index in [1.165, 1.54) is 11.1 Å². The molecule has 21 heavy (non-hydrogen) atoms. The normalized spacial score (nSPS) is 10.1. The Morgan fingerprint density at radius 3 is 1.57 bits per heavy atom. The number of nitrogens with two attached hydrogens (primary N) is 1. The highest BCUT2D eigenvalue weighted by atomic mass is 16.3. The van der Waals surface area contributed by atoms with E-state index in [2.05, 4.69) is 29.6 Å². The lowest BCUT2D eigenvalue weighted by Gasteiger charge is -2.19. The monoisotopic (exact) mass is 288 g/mol. The van der Waals surface area contributed by atoms with Gasteiger partial charge in [0.1, 0.15) is 0 Å². The van der Waals surface area contributed by atoms with Crippen LogP contribution in [-0.2, 0) is 0 Å². The van der Waals surface area contributed by atoms with Crippen LogP contribution in [0.1, 0.15) is 17.2 Å². The second kappa shape index (κ2) is 11.0. The third-order valence-corrected chi connectivity index (χ3v) is 2.86. The Kier molecular flexibility index (Phi) is 9.08. The first-order chi connectivity index (χ1) is 10.3. The molecular formula is C17H24N2O2. The molecule has 0 heterocycles. The Morgan fingerprint density at radius 1 is 0.810 bits per heavy atom. The van der Waals surface area contributed by atoms with E-state index in [-0.39, 0.29) is 19.3 Å². The minimum absolute atomic E-state index is 0.0972. The van der Waals surface area contributed by atoms with Gasteiger partial charge in [-0.25, -0.2) is 0 Å². The van der Waals surface area contributed by atoms with Crippen molar-refractivity contribution >= 4 is 0 Å². The van der Waals surface area contributed by atoms with Crippen LogP contribution in [0.2, 0.25) is 0 Å². The molecule has 0 aliphatic carbocycles. The van der Waals surface area contributed by atoms with Crippen LogP contribution in [0.5, 0.6) is 0 Å². The second-order valence-electron chi connectivity index (χ2n) is 4.44. The molecule has 0 radical (unpaired) electrons. The molecule has 0 saturated carbocycles. The van der Waals surface area contributed by atoms with Crippen LogP contribution in [-0.4, -0.2) is 36.5 Å². The van der Waals surface area contributed by atoms with Gasteiger partial charge in [-0.2, -0.15) is 0 Å². The summed E-state index contributed by atoms with van der Waals surface area (Å²) in [7, 11) is 0. The standard InChI is InChI=1S/C15H17NO.C2H7NO/c17-12-11-16-15(13-7-3-1-4-8-13)14-9-5-2-6-10-14;3-1-2-4/h1-10,15-17H,11-12H2;4H,1-3H2. The number of hydrogen-bond acceptors (Lipinski definition) is 4. The zero-order valence-corrected chi connectivity index (χ0v) is 12.2. The fraction of sp³-hybridized carbons (Fsp3) is 0.294. The maximum absolute atomic E-state index is 8.95. The zero-order valence-electron chi connectivity index (χ0n) is 12.2. The van der Waals surface area contributed by atoms with Gasteiger partial charge >= 0.3 is 0 Å². The molecular weight excluding hydrogens is 264 g/mol. The summed E-state index contributed by atoms with van der Waals surface area (Å²) in [6.45, 7) is 1.21. The Bertz CT molecular complexity index is 421. The minimum atomic E-state index is 0.0972. The van der Waals surface area contributed by atoms with Crippen molar-refractivity contribution in [3.8, 4) is 0 Å². The van der Waals surface area contributed by atoms with Crippen molar-refractivity contribution in [3.05, 3.63) is 71.8 Å². The van der Waals surface area contributed by atoms with Gasteiger partial charge in [-0.05, 0) is 11.1 Å². The average Bonchev–Trinajstić information content (AvgIpc) is 2.57. The number of nitrogens with one attached hydrogen (secondary N) is 1. The van der Waals surface area contributed by atoms with Gasteiger partial charge in [-0.1, -0.05) is 60.7 Å². The molecule has 0 aliphatic heterocycles. The number of rotatable bonds is 6. The van der Waals surface area contributed by atoms with Crippen LogP contribution in [0, 0.1) is 0 Å². The van der Waals surface area contributed by atoms with Gasteiger partial charge in [0.15, 0.2) is 0 Å². The van der Waals surface area contributed by atoms with Gasteiger partial charge in [0.05, 0.1) is 19.3 Å². The SMILES string of the molecule is NCCO.OCCNC(c1ccccc1)c1ccccc1. The van der Waals surface area contributed by atoms with Gasteiger partial charge in [0.25, 0.3) is 0 Å². The number of benzene rings is 2. The predicted molar refractivity (Wildman–Crippen MR) is 86.0 cm³/mol.